The first-order valence-corrected chi connectivity index (χ1v) is 11.2. The van der Waals surface area contributed by atoms with Gasteiger partial charge in [-0.2, -0.15) is 26.3 Å². The van der Waals surface area contributed by atoms with Crippen molar-refractivity contribution in [3.05, 3.63) is 17.5 Å². The van der Waals surface area contributed by atoms with E-state index in [-0.39, 0.29) is 17.8 Å². The number of aliphatic hydroxyl groups is 1. The summed E-state index contributed by atoms with van der Waals surface area (Å²) < 4.78 is 94.1. The highest BCUT2D eigenvalue weighted by Crippen LogP contribution is 2.45. The lowest BCUT2D eigenvalue weighted by atomic mass is 9.83. The van der Waals surface area contributed by atoms with Crippen LogP contribution in [0.1, 0.15) is 56.4 Å². The van der Waals surface area contributed by atoms with E-state index in [0.717, 1.165) is 6.07 Å². The van der Waals surface area contributed by atoms with E-state index >= 15 is 0 Å². The number of rotatable bonds is 1. The van der Waals surface area contributed by atoms with E-state index in [2.05, 4.69) is 25.8 Å². The molecule has 2 aromatic rings. The number of hydrogen-bond donors (Lipinski definition) is 3. The predicted octanol–water partition coefficient (Wildman–Crippen LogP) is 4.87. The molecular weight excluding hydrogens is 484 g/mol. The molecule has 2 aliphatic rings. The molecule has 2 aliphatic heterocycles. The molecule has 2 aromatic heterocycles. The van der Waals surface area contributed by atoms with Gasteiger partial charge in [-0.1, -0.05) is 12.8 Å². The molecule has 0 amide bonds. The Kier molecular flexibility index (Phi) is 6.64. The van der Waals surface area contributed by atoms with Crippen LogP contribution in [0, 0.1) is 0 Å². The predicted molar refractivity (Wildman–Crippen MR) is 112 cm³/mol. The number of halogens is 6. The second kappa shape index (κ2) is 9.12. The minimum atomic E-state index is -5.11. The van der Waals surface area contributed by atoms with Crippen LogP contribution < -0.4 is 10.6 Å². The van der Waals surface area contributed by atoms with Crippen LogP contribution in [0.25, 0.3) is 11.6 Å². The van der Waals surface area contributed by atoms with Gasteiger partial charge in [-0.3, -0.25) is 0 Å². The minimum Gasteiger partial charge on any atom is -0.416 e. The Morgan fingerprint density at radius 1 is 1.00 bits per heavy atom. The van der Waals surface area contributed by atoms with Crippen molar-refractivity contribution < 1.29 is 40.6 Å². The minimum absolute atomic E-state index is 0.0145. The fourth-order valence-corrected chi connectivity index (χ4v) is 4.51. The van der Waals surface area contributed by atoms with Gasteiger partial charge in [0.25, 0.3) is 11.8 Å². The third-order valence-electron chi connectivity index (χ3n) is 6.57. The van der Waals surface area contributed by atoms with E-state index in [1.807, 2.05) is 0 Å². The topological polar surface area (TPSA) is 105 Å². The Morgan fingerprint density at radius 2 is 1.69 bits per heavy atom. The van der Waals surface area contributed by atoms with Gasteiger partial charge in [-0.25, -0.2) is 4.98 Å². The number of ether oxygens (including phenoxy) is 1. The first-order chi connectivity index (χ1) is 16.4. The van der Waals surface area contributed by atoms with Crippen molar-refractivity contribution in [1.82, 2.24) is 15.2 Å². The maximum atomic E-state index is 14.0. The summed E-state index contributed by atoms with van der Waals surface area (Å²) in [6.45, 7) is 0.632. The second-order valence-corrected chi connectivity index (χ2v) is 8.88. The first kappa shape index (κ1) is 25.5. The normalized spacial score (nSPS) is 23.4. The van der Waals surface area contributed by atoms with Crippen LogP contribution in [0.4, 0.5) is 37.8 Å². The number of hydrogen-bond acceptors (Lipinski definition) is 8. The molecular formula is C21H25F6N5O3. The summed E-state index contributed by atoms with van der Waals surface area (Å²) in [5, 5.41) is 23.1. The van der Waals surface area contributed by atoms with Gasteiger partial charge in [0.05, 0.1) is 11.3 Å². The van der Waals surface area contributed by atoms with Gasteiger partial charge in [0.15, 0.2) is 5.69 Å². The van der Waals surface area contributed by atoms with Crippen LogP contribution in [-0.2, 0) is 16.5 Å². The highest BCUT2D eigenvalue weighted by atomic mass is 19.4. The van der Waals surface area contributed by atoms with Crippen molar-refractivity contribution in [2.75, 3.05) is 30.9 Å². The average molecular weight is 509 g/mol. The molecule has 14 heteroatoms. The molecule has 4 rings (SSSR count). The SMILES string of the molecule is CNc1cc(C(F)(F)F)c2nc1-c1nnc(o1)[C@@](O)(C(F)(F)F)CCCCCC1(CCOCC1)N2. The highest BCUT2D eigenvalue weighted by molar-refractivity contribution is 5.73. The monoisotopic (exact) mass is 509 g/mol. The third-order valence-corrected chi connectivity index (χ3v) is 6.57. The summed E-state index contributed by atoms with van der Waals surface area (Å²) in [7, 11) is 1.33. The summed E-state index contributed by atoms with van der Waals surface area (Å²) in [6, 6.07) is 0.795. The largest absolute Gasteiger partial charge is 0.426 e. The van der Waals surface area contributed by atoms with Crippen LogP contribution in [0.15, 0.2) is 10.5 Å². The zero-order chi connectivity index (χ0) is 25.5. The van der Waals surface area contributed by atoms with Gasteiger partial charge in [-0.05, 0) is 38.2 Å². The van der Waals surface area contributed by atoms with Crippen molar-refractivity contribution in [2.24, 2.45) is 0 Å². The quantitative estimate of drug-likeness (QED) is 0.468. The summed E-state index contributed by atoms with van der Waals surface area (Å²) >= 11 is 0. The Balaban J connectivity index is 1.90. The van der Waals surface area contributed by atoms with Gasteiger partial charge in [0.2, 0.25) is 5.60 Å². The van der Waals surface area contributed by atoms with Crippen LogP contribution >= 0.6 is 0 Å². The van der Waals surface area contributed by atoms with Crippen molar-refractivity contribution in [1.29, 1.82) is 0 Å². The van der Waals surface area contributed by atoms with Crippen molar-refractivity contribution in [2.45, 2.75) is 68.4 Å². The zero-order valence-electron chi connectivity index (χ0n) is 18.8. The molecule has 1 atom stereocenters. The van der Waals surface area contributed by atoms with E-state index in [9.17, 15) is 31.4 Å². The Labute approximate surface area is 196 Å². The lowest BCUT2D eigenvalue weighted by Gasteiger charge is -2.39. The smallest absolute Gasteiger partial charge is 0.416 e. The van der Waals surface area contributed by atoms with E-state index in [1.165, 1.54) is 7.05 Å². The number of pyridine rings is 1. The number of alkyl halides is 6. The van der Waals surface area contributed by atoms with E-state index in [1.54, 1.807) is 0 Å². The molecule has 194 valence electrons. The molecule has 1 spiro atoms. The Bertz CT molecular complexity index is 1050. The van der Waals surface area contributed by atoms with Crippen molar-refractivity contribution >= 4 is 11.5 Å². The molecule has 1 saturated heterocycles. The van der Waals surface area contributed by atoms with E-state index < -0.39 is 53.1 Å². The maximum absolute atomic E-state index is 14.0. The maximum Gasteiger partial charge on any atom is 0.426 e. The lowest BCUT2D eigenvalue weighted by molar-refractivity contribution is -0.277. The average Bonchev–Trinajstić information content (AvgIpc) is 3.27. The molecule has 0 unspecified atom stereocenters. The van der Waals surface area contributed by atoms with Crippen molar-refractivity contribution in [3.63, 3.8) is 0 Å². The standard InChI is InChI=1S/C21H25F6N5O3/c1-28-13-11-12(20(22,23)24)15-29-14(13)16-31-32-17(35-16)19(33,21(25,26)27)6-4-2-3-5-18(30-15)7-9-34-10-8-18/h11,28,33H,2-10H2,1H3,(H,29,30)/t19-/m1/s1. The molecule has 0 aliphatic carbocycles. The summed E-state index contributed by atoms with van der Waals surface area (Å²) in [5.41, 5.74) is -5.69. The molecule has 4 bridgehead atoms. The molecule has 1 fully saturated rings. The van der Waals surface area contributed by atoms with Gasteiger partial charge in [0.1, 0.15) is 5.82 Å². The van der Waals surface area contributed by atoms with Gasteiger partial charge in [0, 0.05) is 25.8 Å². The van der Waals surface area contributed by atoms with E-state index in [0.29, 0.717) is 45.3 Å². The fourth-order valence-electron chi connectivity index (χ4n) is 4.51. The fraction of sp³-hybridized carbons (Fsp3) is 0.667. The van der Waals surface area contributed by atoms with Crippen LogP contribution in [0.2, 0.25) is 0 Å². The molecule has 0 aromatic carbocycles. The Morgan fingerprint density at radius 3 is 2.31 bits per heavy atom. The molecule has 4 heterocycles. The highest BCUT2D eigenvalue weighted by Gasteiger charge is 2.58. The Hall–Kier alpha value is -2.61. The second-order valence-electron chi connectivity index (χ2n) is 8.88. The number of nitrogens with one attached hydrogen (secondary N) is 2. The van der Waals surface area contributed by atoms with Crippen LogP contribution in [0.3, 0.4) is 0 Å². The molecule has 3 N–H and O–H groups in total. The summed E-state index contributed by atoms with van der Waals surface area (Å²) in [4.78, 5) is 4.11. The summed E-state index contributed by atoms with van der Waals surface area (Å²) in [6.07, 6.45) is -8.70. The molecule has 0 radical (unpaired) electrons. The van der Waals surface area contributed by atoms with Crippen molar-refractivity contribution in [3.8, 4) is 11.6 Å². The number of aromatic nitrogens is 3. The molecule has 0 saturated carbocycles. The van der Waals surface area contributed by atoms with Gasteiger partial charge < -0.3 is 24.9 Å². The summed E-state index contributed by atoms with van der Waals surface area (Å²) in [5.74, 6) is -2.13. The van der Waals surface area contributed by atoms with Gasteiger partial charge >= 0.3 is 12.4 Å². The molecule has 35 heavy (non-hydrogen) atoms. The number of nitrogens with zero attached hydrogens (tertiary/aromatic N) is 3. The number of fused-ring (bicyclic) bond motifs is 5. The lowest BCUT2D eigenvalue weighted by Crippen LogP contribution is -2.44. The number of anilines is 2. The first-order valence-electron chi connectivity index (χ1n) is 11.2. The van der Waals surface area contributed by atoms with Gasteiger partial charge in [-0.15, -0.1) is 10.2 Å². The van der Waals surface area contributed by atoms with Crippen LogP contribution in [-0.4, -0.2) is 52.3 Å². The van der Waals surface area contributed by atoms with E-state index in [4.69, 9.17) is 9.15 Å². The zero-order valence-corrected chi connectivity index (χ0v) is 18.8. The van der Waals surface area contributed by atoms with Crippen LogP contribution in [0.5, 0.6) is 0 Å². The molecule has 8 nitrogen and oxygen atoms in total. The third kappa shape index (κ3) is 4.90.